The molecule has 104 valence electrons. The van der Waals surface area contributed by atoms with Crippen molar-refractivity contribution in [2.24, 2.45) is 5.92 Å². The summed E-state index contributed by atoms with van der Waals surface area (Å²) in [5.41, 5.74) is 3.10. The van der Waals surface area contributed by atoms with Gasteiger partial charge < -0.3 is 10.2 Å². The highest BCUT2D eigenvalue weighted by molar-refractivity contribution is 5.34. The minimum absolute atomic E-state index is 0.589. The summed E-state index contributed by atoms with van der Waals surface area (Å²) in [5, 5.41) is 3.90. The van der Waals surface area contributed by atoms with Crippen LogP contribution in [0.2, 0.25) is 0 Å². The van der Waals surface area contributed by atoms with Crippen molar-refractivity contribution in [2.75, 3.05) is 20.1 Å². The molecule has 2 aliphatic rings. The quantitative estimate of drug-likeness (QED) is 0.896. The Morgan fingerprint density at radius 2 is 1.89 bits per heavy atom. The first kappa shape index (κ1) is 13.1. The lowest BCUT2D eigenvalue weighted by Crippen LogP contribution is -2.41. The molecule has 1 aromatic rings. The van der Waals surface area contributed by atoms with Crippen LogP contribution in [-0.4, -0.2) is 31.1 Å². The first-order chi connectivity index (χ1) is 9.24. The van der Waals surface area contributed by atoms with Gasteiger partial charge in [0.1, 0.15) is 0 Å². The maximum atomic E-state index is 3.90. The van der Waals surface area contributed by atoms with E-state index in [2.05, 4.69) is 48.5 Å². The number of aryl methyl sites for hydroxylation is 1. The number of likely N-dealkylation sites (tertiary alicyclic amines) is 1. The van der Waals surface area contributed by atoms with Crippen LogP contribution in [0.1, 0.15) is 43.4 Å². The number of piperidine rings is 1. The average molecular weight is 258 g/mol. The molecule has 2 nitrogen and oxygen atoms in total. The van der Waals surface area contributed by atoms with Crippen molar-refractivity contribution in [1.29, 1.82) is 0 Å². The first-order valence-electron chi connectivity index (χ1n) is 7.76. The lowest BCUT2D eigenvalue weighted by Gasteiger charge is -2.34. The summed E-state index contributed by atoms with van der Waals surface area (Å²) < 4.78 is 0. The first-order valence-corrected chi connectivity index (χ1v) is 7.76. The van der Waals surface area contributed by atoms with Crippen LogP contribution in [0.4, 0.5) is 0 Å². The van der Waals surface area contributed by atoms with Crippen molar-refractivity contribution in [3.05, 3.63) is 35.4 Å². The second kappa shape index (κ2) is 5.64. The number of rotatable bonds is 3. The van der Waals surface area contributed by atoms with E-state index < -0.39 is 0 Å². The molecule has 0 bridgehead atoms. The van der Waals surface area contributed by atoms with Gasteiger partial charge in [0.2, 0.25) is 0 Å². The summed E-state index contributed by atoms with van der Waals surface area (Å²) >= 11 is 0. The fourth-order valence-electron chi connectivity index (χ4n) is 3.71. The lowest BCUT2D eigenvalue weighted by atomic mass is 9.90. The van der Waals surface area contributed by atoms with E-state index in [1.807, 2.05) is 0 Å². The monoisotopic (exact) mass is 258 g/mol. The summed E-state index contributed by atoms with van der Waals surface area (Å²) in [6, 6.07) is 10.2. The van der Waals surface area contributed by atoms with Gasteiger partial charge >= 0.3 is 0 Å². The molecule has 19 heavy (non-hydrogen) atoms. The number of fused-ring (bicyclic) bond motifs is 1. The molecule has 1 heterocycles. The third kappa shape index (κ3) is 2.85. The Morgan fingerprint density at radius 3 is 2.68 bits per heavy atom. The highest BCUT2D eigenvalue weighted by Gasteiger charge is 2.27. The maximum absolute atomic E-state index is 3.90. The van der Waals surface area contributed by atoms with Crippen molar-refractivity contribution >= 4 is 0 Å². The molecule has 2 atom stereocenters. The van der Waals surface area contributed by atoms with Crippen molar-refractivity contribution < 1.29 is 0 Å². The minimum Gasteiger partial charge on any atom is -0.307 e. The standard InChI is InChI=1S/C17H26N2/c1-13(14-9-11-19(2)12-10-14)18-17-8-7-15-5-3-4-6-16(15)17/h3-6,13-14,17-18H,7-12H2,1-2H3. The van der Waals surface area contributed by atoms with E-state index in [0.29, 0.717) is 12.1 Å². The van der Waals surface area contributed by atoms with Crippen LogP contribution in [0.3, 0.4) is 0 Å². The Balaban J connectivity index is 1.60. The largest absolute Gasteiger partial charge is 0.307 e. The molecule has 1 aromatic carbocycles. The van der Waals surface area contributed by atoms with Gasteiger partial charge in [-0.1, -0.05) is 24.3 Å². The van der Waals surface area contributed by atoms with Gasteiger partial charge in [0.15, 0.2) is 0 Å². The molecule has 2 heteroatoms. The van der Waals surface area contributed by atoms with E-state index in [1.54, 1.807) is 11.1 Å². The Morgan fingerprint density at radius 1 is 1.16 bits per heavy atom. The summed E-state index contributed by atoms with van der Waals surface area (Å²) in [7, 11) is 2.24. The SMILES string of the molecule is CC(NC1CCc2ccccc21)C1CCN(C)CC1. The van der Waals surface area contributed by atoms with Crippen LogP contribution >= 0.6 is 0 Å². The van der Waals surface area contributed by atoms with Gasteiger partial charge in [-0.05, 0) is 69.8 Å². The zero-order valence-electron chi connectivity index (χ0n) is 12.2. The zero-order chi connectivity index (χ0) is 13.2. The fourth-order valence-corrected chi connectivity index (χ4v) is 3.71. The molecule has 1 N–H and O–H groups in total. The predicted molar refractivity (Wildman–Crippen MR) is 80.3 cm³/mol. The molecule has 1 aliphatic heterocycles. The number of hydrogen-bond acceptors (Lipinski definition) is 2. The molecule has 0 amide bonds. The normalized spacial score (nSPS) is 26.3. The lowest BCUT2D eigenvalue weighted by molar-refractivity contribution is 0.184. The molecular formula is C17H26N2. The molecule has 3 rings (SSSR count). The third-order valence-electron chi connectivity index (χ3n) is 5.07. The predicted octanol–water partition coefficient (Wildman–Crippen LogP) is 2.99. The van der Waals surface area contributed by atoms with Crippen molar-refractivity contribution in [3.8, 4) is 0 Å². The Bertz CT molecular complexity index is 421. The summed E-state index contributed by atoms with van der Waals surface area (Å²) in [6.45, 7) is 4.91. The molecule has 1 saturated heterocycles. The van der Waals surface area contributed by atoms with Gasteiger partial charge in [0.05, 0.1) is 0 Å². The van der Waals surface area contributed by atoms with Crippen LogP contribution < -0.4 is 5.32 Å². The van der Waals surface area contributed by atoms with Crippen LogP contribution in [-0.2, 0) is 6.42 Å². The van der Waals surface area contributed by atoms with Gasteiger partial charge in [0, 0.05) is 12.1 Å². The molecule has 1 fully saturated rings. The van der Waals surface area contributed by atoms with Gasteiger partial charge in [-0.2, -0.15) is 0 Å². The van der Waals surface area contributed by atoms with Gasteiger partial charge in [-0.25, -0.2) is 0 Å². The molecule has 0 saturated carbocycles. The van der Waals surface area contributed by atoms with E-state index in [9.17, 15) is 0 Å². The van der Waals surface area contributed by atoms with E-state index >= 15 is 0 Å². The molecule has 0 spiro atoms. The molecular weight excluding hydrogens is 232 g/mol. The van der Waals surface area contributed by atoms with Crippen molar-refractivity contribution in [1.82, 2.24) is 10.2 Å². The highest BCUT2D eigenvalue weighted by atomic mass is 15.1. The fraction of sp³-hybridized carbons (Fsp3) is 0.647. The minimum atomic E-state index is 0.589. The summed E-state index contributed by atoms with van der Waals surface area (Å²) in [6.07, 6.45) is 5.21. The van der Waals surface area contributed by atoms with E-state index in [4.69, 9.17) is 0 Å². The third-order valence-corrected chi connectivity index (χ3v) is 5.07. The zero-order valence-corrected chi connectivity index (χ0v) is 12.2. The van der Waals surface area contributed by atoms with Crippen molar-refractivity contribution in [2.45, 2.75) is 44.7 Å². The number of benzene rings is 1. The number of hydrogen-bond donors (Lipinski definition) is 1. The van der Waals surface area contributed by atoms with Gasteiger partial charge in [-0.15, -0.1) is 0 Å². The van der Waals surface area contributed by atoms with Crippen LogP contribution in [0.5, 0.6) is 0 Å². The Kier molecular flexibility index (Phi) is 3.90. The number of nitrogens with one attached hydrogen (secondary N) is 1. The maximum Gasteiger partial charge on any atom is 0.0328 e. The Labute approximate surface area is 117 Å². The smallest absolute Gasteiger partial charge is 0.0328 e. The van der Waals surface area contributed by atoms with Crippen LogP contribution in [0.15, 0.2) is 24.3 Å². The van der Waals surface area contributed by atoms with E-state index in [0.717, 1.165) is 5.92 Å². The van der Waals surface area contributed by atoms with Crippen LogP contribution in [0, 0.1) is 5.92 Å². The molecule has 0 radical (unpaired) electrons. The van der Waals surface area contributed by atoms with Crippen LogP contribution in [0.25, 0.3) is 0 Å². The second-order valence-corrected chi connectivity index (χ2v) is 6.39. The topological polar surface area (TPSA) is 15.3 Å². The van der Waals surface area contributed by atoms with E-state index in [-0.39, 0.29) is 0 Å². The molecule has 2 unspecified atom stereocenters. The van der Waals surface area contributed by atoms with Gasteiger partial charge in [0.25, 0.3) is 0 Å². The highest BCUT2D eigenvalue weighted by Crippen LogP contribution is 2.32. The van der Waals surface area contributed by atoms with Gasteiger partial charge in [-0.3, -0.25) is 0 Å². The average Bonchev–Trinajstić information content (AvgIpc) is 2.83. The molecule has 1 aliphatic carbocycles. The second-order valence-electron chi connectivity index (χ2n) is 6.39. The van der Waals surface area contributed by atoms with E-state index in [1.165, 1.54) is 38.8 Å². The Hall–Kier alpha value is -0.860. The molecule has 0 aromatic heterocycles. The number of nitrogens with zero attached hydrogens (tertiary/aromatic N) is 1. The van der Waals surface area contributed by atoms with Crippen molar-refractivity contribution in [3.63, 3.8) is 0 Å². The summed E-state index contributed by atoms with van der Waals surface area (Å²) in [5.74, 6) is 0.851. The summed E-state index contributed by atoms with van der Waals surface area (Å²) in [4.78, 5) is 2.45.